The van der Waals surface area contributed by atoms with Gasteiger partial charge in [0.2, 0.25) is 5.82 Å². The van der Waals surface area contributed by atoms with Gasteiger partial charge in [0, 0.05) is 18.0 Å². The molecule has 0 radical (unpaired) electrons. The molecule has 2 aromatic heterocycles. The fourth-order valence-corrected chi connectivity index (χ4v) is 3.08. The molecule has 0 aliphatic rings. The smallest absolute Gasteiger partial charge is 0.206 e. The first kappa shape index (κ1) is 14.3. The Morgan fingerprint density at radius 3 is 2.55 bits per heavy atom. The predicted octanol–water partition coefficient (Wildman–Crippen LogP) is 1.64. The lowest BCUT2D eigenvalue weighted by Gasteiger charge is -2.10. The molecule has 0 atom stereocenters. The van der Waals surface area contributed by atoms with Crippen LogP contribution in [0, 0.1) is 6.92 Å². The lowest BCUT2D eigenvalue weighted by molar-refractivity contribution is 0.602. The quantitative estimate of drug-likeness (QED) is 0.788. The average Bonchev–Trinajstić information content (AvgIpc) is 3.00. The molecule has 1 N–H and O–H groups in total. The molecule has 22 heavy (non-hydrogen) atoms. The van der Waals surface area contributed by atoms with Crippen LogP contribution in [0.5, 0.6) is 0 Å². The van der Waals surface area contributed by atoms with Crippen molar-refractivity contribution in [2.75, 3.05) is 6.26 Å². The summed E-state index contributed by atoms with van der Waals surface area (Å²) in [5.74, 6) is 0.221. The van der Waals surface area contributed by atoms with E-state index >= 15 is 0 Å². The summed E-state index contributed by atoms with van der Waals surface area (Å²) >= 11 is 0. The Bertz CT molecular complexity index is 903. The summed E-state index contributed by atoms with van der Waals surface area (Å²) in [6.07, 6.45) is 2.88. The highest BCUT2D eigenvalue weighted by Gasteiger charge is 2.22. The van der Waals surface area contributed by atoms with E-state index in [-0.39, 0.29) is 10.7 Å². The highest BCUT2D eigenvalue weighted by molar-refractivity contribution is 7.90. The summed E-state index contributed by atoms with van der Waals surface area (Å²) in [6, 6.07) is 8.74. The van der Waals surface area contributed by atoms with E-state index in [1.54, 1.807) is 18.3 Å². The van der Waals surface area contributed by atoms with Gasteiger partial charge in [-0.05, 0) is 29.8 Å². The molecule has 3 aromatic rings. The first-order valence-corrected chi connectivity index (χ1v) is 8.36. The molecular weight excluding hydrogens is 302 g/mol. The second kappa shape index (κ2) is 5.30. The third-order valence-corrected chi connectivity index (χ3v) is 4.32. The second-order valence-electron chi connectivity index (χ2n) is 4.91. The van der Waals surface area contributed by atoms with Crippen molar-refractivity contribution in [2.45, 2.75) is 11.8 Å². The van der Waals surface area contributed by atoms with E-state index < -0.39 is 9.84 Å². The molecule has 0 bridgehead atoms. The first-order chi connectivity index (χ1) is 10.5. The van der Waals surface area contributed by atoms with Gasteiger partial charge in [-0.2, -0.15) is 5.21 Å². The zero-order chi connectivity index (χ0) is 15.7. The standard InChI is InChI=1S/C14H13N5O2S/c1-9-6-7-11(15-8-9)10-4-3-5-12(22(2,20)21)13(10)14-16-18-19-17-14/h3-8H,1-2H3,(H,16,17,18,19). The fraction of sp³-hybridized carbons (Fsp3) is 0.143. The summed E-state index contributed by atoms with van der Waals surface area (Å²) in [7, 11) is -3.45. The van der Waals surface area contributed by atoms with E-state index in [2.05, 4.69) is 25.6 Å². The van der Waals surface area contributed by atoms with Crippen molar-refractivity contribution in [2.24, 2.45) is 0 Å². The Balaban J connectivity index is 2.34. The molecular formula is C14H13N5O2S. The number of nitrogens with zero attached hydrogens (tertiary/aromatic N) is 4. The molecule has 0 saturated carbocycles. The molecule has 7 nitrogen and oxygen atoms in total. The average molecular weight is 315 g/mol. The van der Waals surface area contributed by atoms with Crippen LogP contribution in [-0.4, -0.2) is 40.3 Å². The largest absolute Gasteiger partial charge is 0.256 e. The third-order valence-electron chi connectivity index (χ3n) is 3.18. The van der Waals surface area contributed by atoms with Gasteiger partial charge in [0.25, 0.3) is 0 Å². The minimum Gasteiger partial charge on any atom is -0.256 e. The van der Waals surface area contributed by atoms with Gasteiger partial charge in [-0.3, -0.25) is 4.98 Å². The Morgan fingerprint density at radius 1 is 1.14 bits per heavy atom. The maximum Gasteiger partial charge on any atom is 0.206 e. The lowest BCUT2D eigenvalue weighted by Crippen LogP contribution is -2.03. The zero-order valence-electron chi connectivity index (χ0n) is 12.0. The van der Waals surface area contributed by atoms with Gasteiger partial charge < -0.3 is 0 Å². The van der Waals surface area contributed by atoms with Gasteiger partial charge in [0.15, 0.2) is 9.84 Å². The number of aromatic nitrogens is 5. The van der Waals surface area contributed by atoms with Crippen molar-refractivity contribution in [3.05, 3.63) is 42.1 Å². The number of tetrazole rings is 1. The molecule has 0 unspecified atom stereocenters. The second-order valence-corrected chi connectivity index (χ2v) is 6.89. The SMILES string of the molecule is Cc1ccc(-c2cccc(S(C)(=O)=O)c2-c2nn[nH]n2)nc1. The van der Waals surface area contributed by atoms with E-state index in [4.69, 9.17) is 0 Å². The number of sulfone groups is 1. The highest BCUT2D eigenvalue weighted by Crippen LogP contribution is 2.34. The van der Waals surface area contributed by atoms with Crippen molar-refractivity contribution >= 4 is 9.84 Å². The zero-order valence-corrected chi connectivity index (χ0v) is 12.8. The Labute approximate surface area is 127 Å². The number of rotatable bonds is 3. The lowest BCUT2D eigenvalue weighted by atomic mass is 10.0. The number of benzene rings is 1. The van der Waals surface area contributed by atoms with Crippen LogP contribution >= 0.6 is 0 Å². The van der Waals surface area contributed by atoms with Crippen molar-refractivity contribution in [1.82, 2.24) is 25.6 Å². The van der Waals surface area contributed by atoms with E-state index in [1.807, 2.05) is 19.1 Å². The fourth-order valence-electron chi connectivity index (χ4n) is 2.18. The summed E-state index contributed by atoms with van der Waals surface area (Å²) in [5, 5.41) is 13.7. The number of H-pyrrole nitrogens is 1. The van der Waals surface area contributed by atoms with Crippen LogP contribution in [0.3, 0.4) is 0 Å². The molecule has 112 valence electrons. The van der Waals surface area contributed by atoms with Crippen LogP contribution in [0.2, 0.25) is 0 Å². The number of aromatic amines is 1. The van der Waals surface area contributed by atoms with Crippen LogP contribution in [-0.2, 0) is 9.84 Å². The molecule has 2 heterocycles. The van der Waals surface area contributed by atoms with Crippen LogP contribution in [0.1, 0.15) is 5.56 Å². The number of hydrogen-bond acceptors (Lipinski definition) is 6. The molecule has 0 saturated heterocycles. The molecule has 0 amide bonds. The summed E-state index contributed by atoms with van der Waals surface area (Å²) in [6.45, 7) is 1.93. The van der Waals surface area contributed by atoms with Gasteiger partial charge in [-0.1, -0.05) is 18.2 Å². The van der Waals surface area contributed by atoms with Crippen LogP contribution in [0.15, 0.2) is 41.4 Å². The van der Waals surface area contributed by atoms with Crippen molar-refractivity contribution in [1.29, 1.82) is 0 Å². The summed E-state index contributed by atoms with van der Waals surface area (Å²) < 4.78 is 24.2. The molecule has 1 aromatic carbocycles. The predicted molar refractivity (Wildman–Crippen MR) is 80.7 cm³/mol. The highest BCUT2D eigenvalue weighted by atomic mass is 32.2. The number of pyridine rings is 1. The molecule has 0 aliphatic heterocycles. The van der Waals surface area contributed by atoms with Crippen LogP contribution < -0.4 is 0 Å². The van der Waals surface area contributed by atoms with E-state index in [0.717, 1.165) is 11.8 Å². The van der Waals surface area contributed by atoms with Crippen LogP contribution in [0.4, 0.5) is 0 Å². The van der Waals surface area contributed by atoms with Gasteiger partial charge in [-0.25, -0.2) is 8.42 Å². The molecule has 0 fully saturated rings. The number of aryl methyl sites for hydroxylation is 1. The molecule has 0 spiro atoms. The summed E-state index contributed by atoms with van der Waals surface area (Å²) in [5.41, 5.74) is 2.71. The monoisotopic (exact) mass is 315 g/mol. The van der Waals surface area contributed by atoms with Crippen molar-refractivity contribution in [3.63, 3.8) is 0 Å². The topological polar surface area (TPSA) is 101 Å². The Morgan fingerprint density at radius 2 is 1.95 bits per heavy atom. The van der Waals surface area contributed by atoms with Crippen molar-refractivity contribution < 1.29 is 8.42 Å². The molecule has 3 rings (SSSR count). The first-order valence-electron chi connectivity index (χ1n) is 6.47. The molecule has 8 heteroatoms. The maximum absolute atomic E-state index is 12.1. The van der Waals surface area contributed by atoms with Gasteiger partial charge in [0.05, 0.1) is 16.2 Å². The van der Waals surface area contributed by atoms with Gasteiger partial charge >= 0.3 is 0 Å². The third kappa shape index (κ3) is 2.60. The van der Waals surface area contributed by atoms with E-state index in [0.29, 0.717) is 16.8 Å². The van der Waals surface area contributed by atoms with E-state index in [9.17, 15) is 8.42 Å². The summed E-state index contributed by atoms with van der Waals surface area (Å²) in [4.78, 5) is 4.51. The number of nitrogens with one attached hydrogen (secondary N) is 1. The van der Waals surface area contributed by atoms with Gasteiger partial charge in [-0.15, -0.1) is 10.2 Å². The maximum atomic E-state index is 12.1. The number of hydrogen-bond donors (Lipinski definition) is 1. The van der Waals surface area contributed by atoms with Crippen LogP contribution in [0.25, 0.3) is 22.6 Å². The minimum atomic E-state index is -3.45. The minimum absolute atomic E-state index is 0.147. The Hall–Kier alpha value is -2.61. The van der Waals surface area contributed by atoms with Gasteiger partial charge in [0.1, 0.15) is 0 Å². The normalized spacial score (nSPS) is 11.5. The molecule has 0 aliphatic carbocycles. The van der Waals surface area contributed by atoms with E-state index in [1.165, 1.54) is 6.07 Å². The van der Waals surface area contributed by atoms with Crippen molar-refractivity contribution in [3.8, 4) is 22.6 Å². The Kier molecular flexibility index (Phi) is 3.45.